The smallest absolute Gasteiger partial charge is 0.240 e. The number of aromatic nitrogens is 2. The molecule has 158 valence electrons. The molecule has 1 aliphatic heterocycles. The standard InChI is InChI=1S/C17H21F8N3/c1-13-3-6-27(11-13)7-4-14(18,19)16(22,23)17(24,25)15(20,21)5-8-28-10-9-26(2)12-28/h3,6,9-13H,4-5,7-8H2,1-2H3/q+2. The van der Waals surface area contributed by atoms with Gasteiger partial charge in [-0.25, -0.2) is 13.7 Å². The zero-order chi connectivity index (χ0) is 21.4. The lowest BCUT2D eigenvalue weighted by Gasteiger charge is -2.36. The van der Waals surface area contributed by atoms with Gasteiger partial charge in [-0.15, -0.1) is 0 Å². The Labute approximate surface area is 156 Å². The Morgan fingerprint density at radius 2 is 1.50 bits per heavy atom. The van der Waals surface area contributed by atoms with Gasteiger partial charge in [-0.05, 0) is 13.0 Å². The van der Waals surface area contributed by atoms with Crippen LogP contribution in [0.1, 0.15) is 19.8 Å². The van der Waals surface area contributed by atoms with Crippen molar-refractivity contribution in [2.75, 3.05) is 6.54 Å². The van der Waals surface area contributed by atoms with Crippen LogP contribution in [0.3, 0.4) is 0 Å². The molecule has 0 amide bonds. The van der Waals surface area contributed by atoms with E-state index < -0.39 is 49.6 Å². The summed E-state index contributed by atoms with van der Waals surface area (Å²) < 4.78 is 115. The van der Waals surface area contributed by atoms with E-state index in [9.17, 15) is 35.1 Å². The van der Waals surface area contributed by atoms with Gasteiger partial charge in [0.15, 0.2) is 19.0 Å². The van der Waals surface area contributed by atoms with Gasteiger partial charge in [0.1, 0.15) is 12.4 Å². The summed E-state index contributed by atoms with van der Waals surface area (Å²) in [6.07, 6.45) is 4.88. The highest BCUT2D eigenvalue weighted by atomic mass is 19.4. The SMILES string of the molecule is CC1C=C[N+](CCC(F)(F)C(F)(F)C(F)(F)C(F)(F)CCn2cc[n+](C)c2)=C1. The first kappa shape index (κ1) is 22.4. The van der Waals surface area contributed by atoms with Gasteiger partial charge in [0, 0.05) is 0 Å². The van der Waals surface area contributed by atoms with Crippen molar-refractivity contribution in [2.24, 2.45) is 13.0 Å². The van der Waals surface area contributed by atoms with E-state index in [4.69, 9.17) is 0 Å². The molecule has 0 aliphatic carbocycles. The summed E-state index contributed by atoms with van der Waals surface area (Å²) in [6.45, 7) is 0.254. The summed E-state index contributed by atoms with van der Waals surface area (Å²) in [7, 11) is 1.53. The number of imidazole rings is 1. The van der Waals surface area contributed by atoms with Crippen molar-refractivity contribution < 1.29 is 44.3 Å². The van der Waals surface area contributed by atoms with Crippen LogP contribution in [0.5, 0.6) is 0 Å². The third kappa shape index (κ3) is 4.22. The van der Waals surface area contributed by atoms with Gasteiger partial charge < -0.3 is 0 Å². The molecule has 1 aromatic rings. The minimum Gasteiger partial charge on any atom is -0.240 e. The summed E-state index contributed by atoms with van der Waals surface area (Å²) in [4.78, 5) is 0. The van der Waals surface area contributed by atoms with Crippen molar-refractivity contribution in [2.45, 2.75) is 50.0 Å². The van der Waals surface area contributed by atoms with Crippen molar-refractivity contribution in [3.63, 3.8) is 0 Å². The Bertz CT molecular complexity index is 751. The first-order chi connectivity index (χ1) is 12.7. The fourth-order valence-electron chi connectivity index (χ4n) is 2.74. The predicted octanol–water partition coefficient (Wildman–Crippen LogP) is 3.88. The summed E-state index contributed by atoms with van der Waals surface area (Å²) in [5.74, 6) is -23.2. The molecule has 3 nitrogen and oxygen atoms in total. The Morgan fingerprint density at radius 1 is 0.929 bits per heavy atom. The van der Waals surface area contributed by atoms with E-state index in [2.05, 4.69) is 0 Å². The summed E-state index contributed by atoms with van der Waals surface area (Å²) in [6, 6.07) is 0. The van der Waals surface area contributed by atoms with Crippen LogP contribution in [-0.4, -0.2) is 45.6 Å². The molecule has 1 aromatic heterocycles. The zero-order valence-electron chi connectivity index (χ0n) is 15.2. The maximum absolute atomic E-state index is 13.9. The van der Waals surface area contributed by atoms with E-state index in [1.54, 1.807) is 13.0 Å². The first-order valence-corrected chi connectivity index (χ1v) is 8.51. The molecular formula is C17H21F8N3+2. The zero-order valence-corrected chi connectivity index (χ0v) is 15.2. The highest BCUT2D eigenvalue weighted by molar-refractivity contribution is 5.59. The van der Waals surface area contributed by atoms with Crippen molar-refractivity contribution >= 4 is 6.21 Å². The molecule has 28 heavy (non-hydrogen) atoms. The fraction of sp³-hybridized carbons (Fsp3) is 0.647. The van der Waals surface area contributed by atoms with Crippen molar-refractivity contribution in [3.8, 4) is 0 Å². The number of hydrogen-bond donors (Lipinski definition) is 0. The maximum atomic E-state index is 13.9. The first-order valence-electron chi connectivity index (χ1n) is 8.51. The lowest BCUT2D eigenvalue weighted by molar-refractivity contribution is -0.671. The lowest BCUT2D eigenvalue weighted by Crippen LogP contribution is -2.62. The van der Waals surface area contributed by atoms with Gasteiger partial charge in [-0.1, -0.05) is 0 Å². The molecule has 1 aliphatic rings. The summed E-state index contributed by atoms with van der Waals surface area (Å²) in [5.41, 5.74) is 0. The quantitative estimate of drug-likeness (QED) is 0.426. The van der Waals surface area contributed by atoms with Gasteiger partial charge in [-0.2, -0.15) is 35.1 Å². The van der Waals surface area contributed by atoms with Gasteiger partial charge in [0.25, 0.3) is 0 Å². The molecule has 1 unspecified atom stereocenters. The average Bonchev–Trinajstić information content (AvgIpc) is 3.19. The van der Waals surface area contributed by atoms with Gasteiger partial charge in [0.05, 0.1) is 32.4 Å². The second-order valence-corrected chi connectivity index (χ2v) is 6.96. The number of alkyl halides is 8. The van der Waals surface area contributed by atoms with Crippen molar-refractivity contribution in [1.29, 1.82) is 0 Å². The normalized spacial score (nSPS) is 18.6. The number of hydrogen-bond acceptors (Lipinski definition) is 0. The molecular weight excluding hydrogens is 398 g/mol. The summed E-state index contributed by atoms with van der Waals surface area (Å²) >= 11 is 0. The Balaban J connectivity index is 2.12. The van der Waals surface area contributed by atoms with Crippen molar-refractivity contribution in [3.05, 3.63) is 31.0 Å². The minimum absolute atomic E-state index is 0.129. The molecule has 0 radical (unpaired) electrons. The van der Waals surface area contributed by atoms with E-state index in [0.29, 0.717) is 0 Å². The number of aryl methyl sites for hydroxylation is 2. The fourth-order valence-corrected chi connectivity index (χ4v) is 2.74. The second kappa shape index (κ2) is 7.47. The van der Waals surface area contributed by atoms with Crippen LogP contribution in [-0.2, 0) is 13.6 Å². The van der Waals surface area contributed by atoms with Crippen LogP contribution in [0.15, 0.2) is 31.0 Å². The van der Waals surface area contributed by atoms with E-state index in [1.165, 1.54) is 42.8 Å². The van der Waals surface area contributed by atoms with Gasteiger partial charge >= 0.3 is 23.7 Å². The van der Waals surface area contributed by atoms with Gasteiger partial charge in [0.2, 0.25) is 6.33 Å². The van der Waals surface area contributed by atoms with E-state index in [1.807, 2.05) is 0 Å². The van der Waals surface area contributed by atoms with E-state index in [-0.39, 0.29) is 5.92 Å². The number of nitrogens with zero attached hydrogens (tertiary/aromatic N) is 3. The molecule has 2 heterocycles. The Hall–Kier alpha value is -1.94. The second-order valence-electron chi connectivity index (χ2n) is 6.96. The molecule has 2 rings (SSSR count). The van der Waals surface area contributed by atoms with Crippen LogP contribution in [0.25, 0.3) is 0 Å². The maximum Gasteiger partial charge on any atom is 0.378 e. The molecule has 0 saturated heterocycles. The van der Waals surface area contributed by atoms with Gasteiger partial charge in [-0.3, -0.25) is 0 Å². The number of allylic oxidation sites excluding steroid dienone is 1. The van der Waals surface area contributed by atoms with E-state index >= 15 is 0 Å². The Kier molecular flexibility index (Phi) is 5.96. The number of halogens is 8. The molecule has 0 spiro atoms. The van der Waals surface area contributed by atoms with Crippen molar-refractivity contribution in [1.82, 2.24) is 4.57 Å². The van der Waals surface area contributed by atoms with Crippen LogP contribution < -0.4 is 4.57 Å². The minimum atomic E-state index is -6.23. The Morgan fingerprint density at radius 3 is 1.96 bits per heavy atom. The third-order valence-electron chi connectivity index (χ3n) is 4.51. The monoisotopic (exact) mass is 419 g/mol. The molecule has 0 saturated carbocycles. The lowest BCUT2D eigenvalue weighted by atomic mass is 9.94. The highest BCUT2D eigenvalue weighted by Crippen LogP contribution is 2.54. The van der Waals surface area contributed by atoms with E-state index in [0.717, 1.165) is 9.14 Å². The number of rotatable bonds is 9. The van der Waals surface area contributed by atoms with Crippen LogP contribution in [0.2, 0.25) is 0 Å². The molecule has 0 N–H and O–H groups in total. The molecule has 0 fully saturated rings. The predicted molar refractivity (Wildman–Crippen MR) is 84.1 cm³/mol. The van der Waals surface area contributed by atoms with Crippen LogP contribution in [0, 0.1) is 5.92 Å². The molecule has 1 atom stereocenters. The molecule has 0 aromatic carbocycles. The van der Waals surface area contributed by atoms with Crippen LogP contribution >= 0.6 is 0 Å². The molecule has 0 bridgehead atoms. The summed E-state index contributed by atoms with van der Waals surface area (Å²) in [5, 5.41) is 0. The average molecular weight is 419 g/mol. The topological polar surface area (TPSA) is 11.8 Å². The highest BCUT2D eigenvalue weighted by Gasteiger charge is 2.80. The third-order valence-corrected chi connectivity index (χ3v) is 4.51. The van der Waals surface area contributed by atoms with Crippen LogP contribution in [0.4, 0.5) is 35.1 Å². The largest absolute Gasteiger partial charge is 0.378 e. The molecule has 11 heteroatoms.